The van der Waals surface area contributed by atoms with Gasteiger partial charge in [0, 0.05) is 24.2 Å². The maximum Gasteiger partial charge on any atom is 0.104 e. The van der Waals surface area contributed by atoms with Crippen LogP contribution in [0.2, 0.25) is 5.02 Å². The van der Waals surface area contributed by atoms with Gasteiger partial charge in [0.05, 0.1) is 0 Å². The molecule has 1 aromatic carbocycles. The first-order valence-electron chi connectivity index (χ1n) is 6.31. The standard InChI is InChI=1S/C14H18ClNO/c1-10-2-3-11(8-13(10)15)14(17)6-7-16(9-14)12-4-5-12/h2-3,8,12,17H,4-7,9H2,1H3. The average molecular weight is 252 g/mol. The van der Waals surface area contributed by atoms with Crippen molar-refractivity contribution in [2.75, 3.05) is 13.1 Å². The van der Waals surface area contributed by atoms with Crippen LogP contribution in [0.1, 0.15) is 30.4 Å². The Morgan fingerprint density at radius 1 is 1.41 bits per heavy atom. The van der Waals surface area contributed by atoms with Gasteiger partial charge in [-0.1, -0.05) is 23.7 Å². The molecule has 1 unspecified atom stereocenters. The van der Waals surface area contributed by atoms with Gasteiger partial charge in [-0.05, 0) is 43.4 Å². The number of rotatable bonds is 2. The number of hydrogen-bond donors (Lipinski definition) is 1. The van der Waals surface area contributed by atoms with Gasteiger partial charge in [0.1, 0.15) is 5.60 Å². The molecule has 1 atom stereocenters. The second-order valence-electron chi connectivity index (χ2n) is 5.45. The third-order valence-electron chi connectivity index (χ3n) is 4.05. The highest BCUT2D eigenvalue weighted by molar-refractivity contribution is 6.31. The lowest BCUT2D eigenvalue weighted by Crippen LogP contribution is -2.31. The summed E-state index contributed by atoms with van der Waals surface area (Å²) in [5.41, 5.74) is 1.34. The van der Waals surface area contributed by atoms with Crippen LogP contribution in [0.5, 0.6) is 0 Å². The Bertz CT molecular complexity index is 444. The van der Waals surface area contributed by atoms with E-state index >= 15 is 0 Å². The summed E-state index contributed by atoms with van der Waals surface area (Å²) < 4.78 is 0. The summed E-state index contributed by atoms with van der Waals surface area (Å²) in [6.45, 7) is 3.75. The van der Waals surface area contributed by atoms with Crippen molar-refractivity contribution in [3.8, 4) is 0 Å². The summed E-state index contributed by atoms with van der Waals surface area (Å²) in [5.74, 6) is 0. The maximum absolute atomic E-state index is 10.7. The highest BCUT2D eigenvalue weighted by atomic mass is 35.5. The monoisotopic (exact) mass is 251 g/mol. The number of aliphatic hydroxyl groups is 1. The lowest BCUT2D eigenvalue weighted by Gasteiger charge is -2.24. The SMILES string of the molecule is Cc1ccc(C2(O)CCN(C3CC3)C2)cc1Cl. The second kappa shape index (κ2) is 3.98. The molecule has 0 radical (unpaired) electrons. The molecule has 17 heavy (non-hydrogen) atoms. The van der Waals surface area contributed by atoms with E-state index in [9.17, 15) is 5.11 Å². The van der Waals surface area contributed by atoms with Gasteiger partial charge in [0.15, 0.2) is 0 Å². The number of aryl methyl sites for hydroxylation is 1. The largest absolute Gasteiger partial charge is 0.384 e. The highest BCUT2D eigenvalue weighted by Gasteiger charge is 2.42. The molecular weight excluding hydrogens is 234 g/mol. The lowest BCUT2D eigenvalue weighted by molar-refractivity contribution is 0.0452. The van der Waals surface area contributed by atoms with E-state index in [4.69, 9.17) is 11.6 Å². The fraction of sp³-hybridized carbons (Fsp3) is 0.571. The van der Waals surface area contributed by atoms with Crippen LogP contribution in [0.4, 0.5) is 0 Å². The highest BCUT2D eigenvalue weighted by Crippen LogP contribution is 2.39. The number of hydrogen-bond acceptors (Lipinski definition) is 2. The molecule has 1 heterocycles. The van der Waals surface area contributed by atoms with Gasteiger partial charge in [0.25, 0.3) is 0 Å². The molecule has 92 valence electrons. The fourth-order valence-electron chi connectivity index (χ4n) is 2.69. The first kappa shape index (κ1) is 11.5. The smallest absolute Gasteiger partial charge is 0.104 e. The van der Waals surface area contributed by atoms with E-state index in [1.807, 2.05) is 25.1 Å². The zero-order chi connectivity index (χ0) is 12.0. The van der Waals surface area contributed by atoms with Crippen molar-refractivity contribution in [3.05, 3.63) is 34.3 Å². The molecule has 0 bridgehead atoms. The van der Waals surface area contributed by atoms with Gasteiger partial charge >= 0.3 is 0 Å². The quantitative estimate of drug-likeness (QED) is 0.874. The number of likely N-dealkylation sites (tertiary alicyclic amines) is 1. The molecule has 1 aromatic rings. The van der Waals surface area contributed by atoms with E-state index in [0.717, 1.165) is 41.7 Å². The van der Waals surface area contributed by atoms with E-state index in [1.165, 1.54) is 12.8 Å². The molecule has 3 heteroatoms. The van der Waals surface area contributed by atoms with E-state index in [0.29, 0.717) is 0 Å². The molecule has 2 nitrogen and oxygen atoms in total. The average Bonchev–Trinajstić information content (AvgIpc) is 3.07. The Morgan fingerprint density at radius 3 is 2.82 bits per heavy atom. The molecule has 0 amide bonds. The van der Waals surface area contributed by atoms with Crippen LogP contribution in [0, 0.1) is 6.92 Å². The van der Waals surface area contributed by atoms with Gasteiger partial charge in [-0.3, -0.25) is 4.90 Å². The third kappa shape index (κ3) is 2.10. The number of nitrogens with zero attached hydrogens (tertiary/aromatic N) is 1. The van der Waals surface area contributed by atoms with E-state index in [1.54, 1.807) is 0 Å². The van der Waals surface area contributed by atoms with Crippen LogP contribution in [0.15, 0.2) is 18.2 Å². The van der Waals surface area contributed by atoms with Crippen LogP contribution in [-0.4, -0.2) is 29.1 Å². The van der Waals surface area contributed by atoms with Crippen LogP contribution >= 0.6 is 11.6 Å². The molecule has 1 N–H and O–H groups in total. The minimum absolute atomic E-state index is 0.695. The molecule has 1 saturated carbocycles. The minimum Gasteiger partial charge on any atom is -0.384 e. The number of β-amino-alcohol motifs (C(OH)–C–C–N with tert-alkyl or cyclic N) is 1. The molecule has 1 aliphatic heterocycles. The second-order valence-corrected chi connectivity index (χ2v) is 5.85. The van der Waals surface area contributed by atoms with Gasteiger partial charge in [-0.25, -0.2) is 0 Å². The van der Waals surface area contributed by atoms with E-state index < -0.39 is 5.60 Å². The Labute approximate surface area is 107 Å². The third-order valence-corrected chi connectivity index (χ3v) is 4.46. The summed E-state index contributed by atoms with van der Waals surface area (Å²) in [6.07, 6.45) is 3.42. The van der Waals surface area contributed by atoms with Crippen LogP contribution in [0.25, 0.3) is 0 Å². The molecule has 2 fully saturated rings. The molecule has 0 aromatic heterocycles. The lowest BCUT2D eigenvalue weighted by atomic mass is 9.92. The maximum atomic E-state index is 10.7. The van der Waals surface area contributed by atoms with Crippen molar-refractivity contribution in [3.63, 3.8) is 0 Å². The molecule has 1 aliphatic carbocycles. The number of benzene rings is 1. The normalized spacial score (nSPS) is 29.8. The van der Waals surface area contributed by atoms with Crippen molar-refractivity contribution >= 4 is 11.6 Å². The van der Waals surface area contributed by atoms with Gasteiger partial charge < -0.3 is 5.11 Å². The van der Waals surface area contributed by atoms with Gasteiger partial charge in [-0.15, -0.1) is 0 Å². The van der Waals surface area contributed by atoms with Crippen LogP contribution in [-0.2, 0) is 5.60 Å². The summed E-state index contributed by atoms with van der Waals surface area (Å²) in [5, 5.41) is 11.5. The molecule has 3 rings (SSSR count). The van der Waals surface area contributed by atoms with Crippen molar-refractivity contribution in [1.82, 2.24) is 4.90 Å². The van der Waals surface area contributed by atoms with Crippen molar-refractivity contribution in [2.24, 2.45) is 0 Å². The van der Waals surface area contributed by atoms with Crippen LogP contribution in [0.3, 0.4) is 0 Å². The fourth-order valence-corrected chi connectivity index (χ4v) is 2.87. The zero-order valence-electron chi connectivity index (χ0n) is 10.1. The van der Waals surface area contributed by atoms with Crippen molar-refractivity contribution < 1.29 is 5.11 Å². The topological polar surface area (TPSA) is 23.5 Å². The Balaban J connectivity index is 1.84. The summed E-state index contributed by atoms with van der Waals surface area (Å²) >= 11 is 6.14. The zero-order valence-corrected chi connectivity index (χ0v) is 10.9. The van der Waals surface area contributed by atoms with E-state index in [2.05, 4.69) is 4.90 Å². The van der Waals surface area contributed by atoms with Crippen molar-refractivity contribution in [2.45, 2.75) is 37.8 Å². The van der Waals surface area contributed by atoms with Crippen LogP contribution < -0.4 is 0 Å². The van der Waals surface area contributed by atoms with Crippen molar-refractivity contribution in [1.29, 1.82) is 0 Å². The van der Waals surface area contributed by atoms with Gasteiger partial charge in [-0.2, -0.15) is 0 Å². The summed E-state index contributed by atoms with van der Waals surface area (Å²) in [7, 11) is 0. The Hall–Kier alpha value is -0.570. The molecular formula is C14H18ClNO. The molecule has 0 spiro atoms. The first-order chi connectivity index (χ1) is 8.08. The molecule has 1 saturated heterocycles. The number of halogens is 1. The Morgan fingerprint density at radius 2 is 2.18 bits per heavy atom. The summed E-state index contributed by atoms with van der Waals surface area (Å²) in [6, 6.07) is 6.66. The van der Waals surface area contributed by atoms with E-state index in [-0.39, 0.29) is 0 Å². The minimum atomic E-state index is -0.695. The predicted molar refractivity (Wildman–Crippen MR) is 69.3 cm³/mol. The summed E-state index contributed by atoms with van der Waals surface area (Å²) in [4.78, 5) is 2.41. The first-order valence-corrected chi connectivity index (χ1v) is 6.69. The van der Waals surface area contributed by atoms with Gasteiger partial charge in [0.2, 0.25) is 0 Å². The Kier molecular flexibility index (Phi) is 2.69. The predicted octanol–water partition coefficient (Wildman–Crippen LogP) is 2.70. The molecule has 2 aliphatic rings.